The normalized spacial score (nSPS) is 21.0. The van der Waals surface area contributed by atoms with Crippen LogP contribution in [-0.4, -0.2) is 47.5 Å². The van der Waals surface area contributed by atoms with Gasteiger partial charge in [-0.05, 0) is 74.4 Å². The van der Waals surface area contributed by atoms with Crippen LogP contribution in [0.5, 0.6) is 0 Å². The zero-order chi connectivity index (χ0) is 29.8. The van der Waals surface area contributed by atoms with Crippen LogP contribution in [-0.2, 0) is 10.2 Å². The van der Waals surface area contributed by atoms with Crippen LogP contribution in [0.1, 0.15) is 59.4 Å². The Bertz CT molecular complexity index is 1560. The first-order valence-electron chi connectivity index (χ1n) is 13.9. The third-order valence-corrected chi connectivity index (χ3v) is 8.85. The summed E-state index contributed by atoms with van der Waals surface area (Å²) in [5.41, 5.74) is 7.31. The van der Waals surface area contributed by atoms with Gasteiger partial charge in [0.2, 0.25) is 5.91 Å². The van der Waals surface area contributed by atoms with Gasteiger partial charge in [0.25, 0.3) is 12.3 Å². The highest BCUT2D eigenvalue weighted by Gasteiger charge is 2.59. The Morgan fingerprint density at radius 1 is 1.17 bits per heavy atom. The number of rotatable bonds is 6. The van der Waals surface area contributed by atoms with Crippen molar-refractivity contribution in [2.45, 2.75) is 50.5 Å². The molecule has 2 aliphatic heterocycles. The van der Waals surface area contributed by atoms with E-state index in [-0.39, 0.29) is 28.5 Å². The van der Waals surface area contributed by atoms with Crippen molar-refractivity contribution in [1.29, 1.82) is 0 Å². The average Bonchev–Trinajstić information content (AvgIpc) is 3.17. The first kappa shape index (κ1) is 28.3. The second kappa shape index (κ2) is 10.8. The van der Waals surface area contributed by atoms with Crippen molar-refractivity contribution >= 4 is 40.6 Å². The largest absolute Gasteiger partial charge is 0.396 e. The lowest BCUT2D eigenvalue weighted by Gasteiger charge is -2.48. The molecule has 42 heavy (non-hydrogen) atoms. The number of hydrogen-bond donors (Lipinski definition) is 2. The number of nitrogens with zero attached hydrogens (tertiary/aromatic N) is 4. The summed E-state index contributed by atoms with van der Waals surface area (Å²) in [6, 6.07) is 9.15. The lowest BCUT2D eigenvalue weighted by atomic mass is 9.74. The van der Waals surface area contributed by atoms with Gasteiger partial charge in [0, 0.05) is 37.6 Å². The summed E-state index contributed by atoms with van der Waals surface area (Å²) in [5, 5.41) is 2.94. The van der Waals surface area contributed by atoms with Crippen molar-refractivity contribution in [3.63, 3.8) is 0 Å². The first-order chi connectivity index (χ1) is 20.1. The van der Waals surface area contributed by atoms with E-state index >= 15 is 0 Å². The van der Waals surface area contributed by atoms with Crippen LogP contribution in [0.2, 0.25) is 5.02 Å². The summed E-state index contributed by atoms with van der Waals surface area (Å²) in [5.74, 6) is -0.334. The molecule has 0 radical (unpaired) electrons. The highest BCUT2D eigenvalue weighted by molar-refractivity contribution is 6.30. The third kappa shape index (κ3) is 4.93. The van der Waals surface area contributed by atoms with Crippen molar-refractivity contribution in [1.82, 2.24) is 15.3 Å². The maximum absolute atomic E-state index is 14.4. The number of nitrogens with two attached hydrogens (primary N) is 1. The third-order valence-electron chi connectivity index (χ3n) is 8.65. The van der Waals surface area contributed by atoms with Crippen LogP contribution in [0.15, 0.2) is 42.6 Å². The fraction of sp³-hybridized carbons (Fsp3) is 0.400. The molecule has 3 aromatic rings. The zero-order valence-electron chi connectivity index (χ0n) is 22.9. The van der Waals surface area contributed by atoms with Crippen molar-refractivity contribution in [3.8, 4) is 0 Å². The Morgan fingerprint density at radius 3 is 2.62 bits per heavy atom. The number of amides is 2. The molecule has 0 unspecified atom stereocenters. The number of alkyl halides is 2. The van der Waals surface area contributed by atoms with Crippen LogP contribution in [0.25, 0.3) is 0 Å². The fourth-order valence-corrected chi connectivity index (χ4v) is 6.64. The predicted octanol–water partition coefficient (Wildman–Crippen LogP) is 5.19. The standard InChI is InChI=1S/C30H30ClF3N6O2/c1-16-2-9-23(35)27(37-16)39-14-30(15-39)22-8-5-19(32)11-24(22)40(29(30)42)13-17-3-6-20(7-4-17)38-28(41)21-10-18(31)12-36-25(21)26(33)34/h2,5,8-12,17,20,26H,3-4,6-7,13-15,35H2,1H3,(H,38,41)/t17-,20-. The Labute approximate surface area is 246 Å². The molecule has 2 fully saturated rings. The minimum Gasteiger partial charge on any atom is -0.396 e. The van der Waals surface area contributed by atoms with Gasteiger partial charge in [-0.15, -0.1) is 0 Å². The molecule has 3 N–H and O–H groups in total. The number of carbonyl (C=O) groups is 2. The molecule has 220 valence electrons. The molecule has 3 aliphatic rings. The second-order valence-corrected chi connectivity index (χ2v) is 11.9. The van der Waals surface area contributed by atoms with Gasteiger partial charge in [-0.1, -0.05) is 17.7 Å². The topological polar surface area (TPSA) is 104 Å². The lowest BCUT2D eigenvalue weighted by Crippen LogP contribution is -2.64. The molecule has 1 aliphatic carbocycles. The van der Waals surface area contributed by atoms with Gasteiger partial charge in [-0.3, -0.25) is 14.6 Å². The summed E-state index contributed by atoms with van der Waals surface area (Å²) in [7, 11) is 0. The van der Waals surface area contributed by atoms with Crippen LogP contribution in [0, 0.1) is 18.7 Å². The average molecular weight is 599 g/mol. The number of anilines is 3. The number of carbonyl (C=O) groups excluding carboxylic acids is 2. The maximum Gasteiger partial charge on any atom is 0.281 e. The minimum absolute atomic E-state index is 0.0611. The molecule has 8 nitrogen and oxygen atoms in total. The molecule has 1 spiro atoms. The number of aryl methyl sites for hydroxylation is 1. The SMILES string of the molecule is Cc1ccc(N)c(N2CC3(C2)C(=O)N(C[C@H]2CC[C@H](NC(=O)c4cc(Cl)cnc4C(F)F)CC2)c2cc(F)ccc23)n1. The van der Waals surface area contributed by atoms with E-state index in [0.717, 1.165) is 17.5 Å². The monoisotopic (exact) mass is 598 g/mol. The molecule has 1 saturated heterocycles. The van der Waals surface area contributed by atoms with E-state index in [1.807, 2.05) is 17.9 Å². The van der Waals surface area contributed by atoms with E-state index < -0.39 is 29.3 Å². The molecule has 1 saturated carbocycles. The first-order valence-corrected chi connectivity index (χ1v) is 14.3. The van der Waals surface area contributed by atoms with Crippen molar-refractivity contribution < 1.29 is 22.8 Å². The van der Waals surface area contributed by atoms with E-state index in [0.29, 0.717) is 62.5 Å². The second-order valence-electron chi connectivity index (χ2n) is 11.5. The summed E-state index contributed by atoms with van der Waals surface area (Å²) in [6.45, 7) is 3.11. The van der Waals surface area contributed by atoms with Crippen LogP contribution < -0.4 is 20.9 Å². The van der Waals surface area contributed by atoms with Gasteiger partial charge in [-0.25, -0.2) is 18.2 Å². The highest BCUT2D eigenvalue weighted by Crippen LogP contribution is 2.49. The van der Waals surface area contributed by atoms with E-state index in [1.165, 1.54) is 18.2 Å². The molecular formula is C30H30ClF3N6O2. The number of pyridine rings is 2. The Hall–Kier alpha value is -3.86. The van der Waals surface area contributed by atoms with Crippen LogP contribution in [0.3, 0.4) is 0 Å². The maximum atomic E-state index is 14.4. The summed E-state index contributed by atoms with van der Waals surface area (Å²) in [4.78, 5) is 38.6. The lowest BCUT2D eigenvalue weighted by molar-refractivity contribution is -0.124. The van der Waals surface area contributed by atoms with Crippen molar-refractivity contribution in [2.75, 3.05) is 35.2 Å². The fourth-order valence-electron chi connectivity index (χ4n) is 6.48. The quantitative estimate of drug-likeness (QED) is 0.405. The number of benzene rings is 1. The van der Waals surface area contributed by atoms with Crippen LogP contribution in [0.4, 0.5) is 30.4 Å². The van der Waals surface area contributed by atoms with Gasteiger partial charge in [0.15, 0.2) is 5.82 Å². The summed E-state index contributed by atoms with van der Waals surface area (Å²) >= 11 is 5.90. The smallest absolute Gasteiger partial charge is 0.281 e. The molecule has 4 heterocycles. The number of halogens is 4. The van der Waals surface area contributed by atoms with Gasteiger partial charge >= 0.3 is 0 Å². The van der Waals surface area contributed by atoms with E-state index in [1.54, 1.807) is 17.0 Å². The summed E-state index contributed by atoms with van der Waals surface area (Å²) in [6.07, 6.45) is 0.832. The van der Waals surface area contributed by atoms with E-state index in [2.05, 4.69) is 15.3 Å². The van der Waals surface area contributed by atoms with Crippen LogP contribution >= 0.6 is 11.6 Å². The Morgan fingerprint density at radius 2 is 1.90 bits per heavy atom. The molecule has 1 aromatic carbocycles. The van der Waals surface area contributed by atoms with Gasteiger partial charge in [0.1, 0.15) is 16.9 Å². The molecule has 2 aromatic heterocycles. The number of fused-ring (bicyclic) bond motifs is 2. The molecule has 2 amide bonds. The number of nitrogen functional groups attached to an aromatic ring is 1. The molecule has 6 rings (SSSR count). The number of hydrogen-bond acceptors (Lipinski definition) is 6. The Balaban J connectivity index is 1.12. The van der Waals surface area contributed by atoms with E-state index in [4.69, 9.17) is 17.3 Å². The van der Waals surface area contributed by atoms with Crippen molar-refractivity contribution in [3.05, 3.63) is 75.9 Å². The van der Waals surface area contributed by atoms with Gasteiger partial charge in [-0.2, -0.15) is 0 Å². The van der Waals surface area contributed by atoms with Crippen molar-refractivity contribution in [2.24, 2.45) is 5.92 Å². The zero-order valence-corrected chi connectivity index (χ0v) is 23.7. The number of nitrogens with one attached hydrogen (secondary N) is 1. The molecule has 0 bridgehead atoms. The molecular weight excluding hydrogens is 569 g/mol. The number of aromatic nitrogens is 2. The van der Waals surface area contributed by atoms with Gasteiger partial charge in [0.05, 0.1) is 22.0 Å². The molecule has 12 heteroatoms. The predicted molar refractivity (Wildman–Crippen MR) is 153 cm³/mol. The summed E-state index contributed by atoms with van der Waals surface area (Å²) < 4.78 is 41.2. The molecule has 0 atom stereocenters. The highest BCUT2D eigenvalue weighted by atomic mass is 35.5. The van der Waals surface area contributed by atoms with E-state index in [9.17, 15) is 22.8 Å². The Kier molecular flexibility index (Phi) is 7.24. The van der Waals surface area contributed by atoms with Gasteiger partial charge < -0.3 is 20.9 Å². The minimum atomic E-state index is -2.90.